The van der Waals surface area contributed by atoms with Crippen molar-refractivity contribution in [1.29, 1.82) is 0 Å². The summed E-state index contributed by atoms with van der Waals surface area (Å²) in [6.45, 7) is 7.93. The summed E-state index contributed by atoms with van der Waals surface area (Å²) in [5, 5.41) is 4.04. The minimum atomic E-state index is -0.580. The molecule has 0 saturated carbocycles. The zero-order chi connectivity index (χ0) is 17.0. The Morgan fingerprint density at radius 1 is 1.29 bits per heavy atom. The van der Waals surface area contributed by atoms with Gasteiger partial charge in [0.15, 0.2) is 0 Å². The van der Waals surface area contributed by atoms with Crippen molar-refractivity contribution in [3.05, 3.63) is 35.1 Å². The fourth-order valence-corrected chi connectivity index (χ4v) is 2.27. The first kappa shape index (κ1) is 12.4. The fourth-order valence-electron chi connectivity index (χ4n) is 2.02. The van der Waals surface area contributed by atoms with Gasteiger partial charge in [0.1, 0.15) is 0 Å². The van der Waals surface area contributed by atoms with Crippen LogP contribution in [-0.2, 0) is 9.31 Å². The van der Waals surface area contributed by atoms with Crippen LogP contribution < -0.4 is 5.59 Å². The number of aromatic nitrogens is 3. The summed E-state index contributed by atoms with van der Waals surface area (Å²) in [6.07, 6.45) is 1.75. The largest absolute Gasteiger partial charge is 0.514 e. The van der Waals surface area contributed by atoms with E-state index in [9.17, 15) is 0 Å². The first-order chi connectivity index (χ1) is 10.6. The highest BCUT2D eigenvalue weighted by atomic mass is 79.9. The Hall–Kier alpha value is -1.18. The second-order valence-corrected chi connectivity index (χ2v) is 6.77. The second kappa shape index (κ2) is 4.93. The Kier molecular flexibility index (Phi) is 2.91. The molecular weight excluding hydrogens is 333 g/mol. The lowest BCUT2D eigenvalue weighted by molar-refractivity contribution is 0.00578. The van der Waals surface area contributed by atoms with Crippen molar-refractivity contribution < 1.29 is 12.1 Å². The molecule has 2 aromatic heterocycles. The van der Waals surface area contributed by atoms with Gasteiger partial charge in [-0.25, -0.2) is 4.68 Å². The smallest absolute Gasteiger partial charge is 0.398 e. The number of pyridine rings is 1. The van der Waals surface area contributed by atoms with Gasteiger partial charge in [0, 0.05) is 12.4 Å². The van der Waals surface area contributed by atoms with Gasteiger partial charge < -0.3 is 9.31 Å². The summed E-state index contributed by atoms with van der Waals surface area (Å²) in [5.41, 5.74) is 0.352. The van der Waals surface area contributed by atoms with Gasteiger partial charge in [-0.3, -0.25) is 4.98 Å². The van der Waals surface area contributed by atoms with Crippen LogP contribution in [0.15, 0.2) is 35.1 Å². The van der Waals surface area contributed by atoms with E-state index in [1.165, 1.54) is 4.68 Å². The van der Waals surface area contributed by atoms with Gasteiger partial charge in [-0.15, -0.1) is 0 Å². The third-order valence-electron chi connectivity index (χ3n) is 3.96. The molecule has 110 valence electrons. The van der Waals surface area contributed by atoms with E-state index in [0.717, 1.165) is 0 Å². The quantitative estimate of drug-likeness (QED) is 0.779. The summed E-state index contributed by atoms with van der Waals surface area (Å²) < 4.78 is 29.4. The van der Waals surface area contributed by atoms with Gasteiger partial charge in [-0.2, -0.15) is 5.10 Å². The third-order valence-corrected chi connectivity index (χ3v) is 4.31. The number of rotatable bonds is 2. The monoisotopic (exact) mass is 351 g/mol. The van der Waals surface area contributed by atoms with E-state index in [-0.39, 0.29) is 12.3 Å². The maximum absolute atomic E-state index is 8.01. The molecule has 0 N–H and O–H groups in total. The molecule has 0 spiro atoms. The summed E-state index contributed by atoms with van der Waals surface area (Å²) in [5.74, 6) is 0. The van der Waals surface area contributed by atoms with Crippen LogP contribution in [0.2, 0.25) is 0 Å². The molecule has 0 unspecified atom stereocenters. The van der Waals surface area contributed by atoms with E-state index in [1.807, 2.05) is 27.7 Å². The van der Waals surface area contributed by atoms with Crippen LogP contribution in [0.3, 0.4) is 0 Å². The molecule has 3 heterocycles. The normalized spacial score (nSPS) is 21.3. The standard InChI is InChI=1S/C14H17BBrN3O2/c1-13(2)14(3,4)21-15(20-13)12-7-11(5-6-17-12)19-9-10(16)8-18-19/h5-9H,1-4H3/i8D,9D. The van der Waals surface area contributed by atoms with Crippen molar-refractivity contribution in [2.24, 2.45) is 0 Å². The molecule has 1 fully saturated rings. The lowest BCUT2D eigenvalue weighted by atomic mass is 9.84. The maximum Gasteiger partial charge on any atom is 0.514 e. The highest BCUT2D eigenvalue weighted by Crippen LogP contribution is 2.36. The molecule has 7 heteroatoms. The molecule has 0 radical (unpaired) electrons. The Balaban J connectivity index is 1.97. The average molecular weight is 352 g/mol. The van der Waals surface area contributed by atoms with Crippen molar-refractivity contribution in [2.45, 2.75) is 38.9 Å². The Bertz CT molecular complexity index is 750. The molecule has 0 amide bonds. The summed E-state index contributed by atoms with van der Waals surface area (Å²) >= 11 is 3.19. The van der Waals surface area contributed by atoms with E-state index in [1.54, 1.807) is 18.3 Å². The molecular formula is C14H17BBrN3O2. The van der Waals surface area contributed by atoms with Gasteiger partial charge in [0.2, 0.25) is 0 Å². The van der Waals surface area contributed by atoms with Gasteiger partial charge in [-0.1, -0.05) is 0 Å². The average Bonchev–Trinajstić information content (AvgIpc) is 2.86. The molecule has 0 aromatic carbocycles. The minimum absolute atomic E-state index is 0.0176. The van der Waals surface area contributed by atoms with Gasteiger partial charge in [0.25, 0.3) is 0 Å². The van der Waals surface area contributed by atoms with Crippen LogP contribution in [0.25, 0.3) is 5.69 Å². The molecule has 0 aliphatic carbocycles. The Labute approximate surface area is 135 Å². The fraction of sp³-hybridized carbons (Fsp3) is 0.429. The second-order valence-electron chi connectivity index (χ2n) is 5.98. The number of hydrogen-bond acceptors (Lipinski definition) is 4. The first-order valence-electron chi connectivity index (χ1n) is 7.66. The van der Waals surface area contributed by atoms with Crippen LogP contribution in [-0.4, -0.2) is 33.1 Å². The number of hydrogen-bond donors (Lipinski definition) is 0. The van der Waals surface area contributed by atoms with Crippen LogP contribution in [0.5, 0.6) is 0 Å². The van der Waals surface area contributed by atoms with Crippen molar-refractivity contribution in [3.8, 4) is 5.69 Å². The van der Waals surface area contributed by atoms with E-state index in [4.69, 9.17) is 12.1 Å². The Morgan fingerprint density at radius 2 is 1.95 bits per heavy atom. The SMILES string of the molecule is [2H]c1nn(-c2ccnc(B3OC(C)(C)C(C)(C)O3)c2)c([2H])c1Br. The molecule has 0 bridgehead atoms. The molecule has 21 heavy (non-hydrogen) atoms. The molecule has 1 aliphatic heterocycles. The van der Waals surface area contributed by atoms with Crippen molar-refractivity contribution >= 4 is 28.6 Å². The lowest BCUT2D eigenvalue weighted by Gasteiger charge is -2.32. The molecule has 2 aromatic rings. The van der Waals surface area contributed by atoms with Gasteiger partial charge in [-0.05, 0) is 55.8 Å². The minimum Gasteiger partial charge on any atom is -0.398 e. The van der Waals surface area contributed by atoms with Crippen molar-refractivity contribution in [1.82, 2.24) is 14.8 Å². The van der Waals surface area contributed by atoms with Crippen molar-refractivity contribution in [3.63, 3.8) is 0 Å². The predicted octanol–water partition coefficient (Wildman–Crippen LogP) is 2.33. The molecule has 3 rings (SSSR count). The zero-order valence-corrected chi connectivity index (χ0v) is 13.9. The predicted molar refractivity (Wildman–Crippen MR) is 84.8 cm³/mol. The van der Waals surface area contributed by atoms with E-state index < -0.39 is 18.3 Å². The first-order valence-corrected chi connectivity index (χ1v) is 7.45. The van der Waals surface area contributed by atoms with E-state index in [2.05, 4.69) is 26.0 Å². The molecule has 0 atom stereocenters. The number of nitrogens with zero attached hydrogens (tertiary/aromatic N) is 3. The van der Waals surface area contributed by atoms with Gasteiger partial charge >= 0.3 is 7.12 Å². The summed E-state index contributed by atoms with van der Waals surface area (Å²) in [4.78, 5) is 4.33. The summed E-state index contributed by atoms with van der Waals surface area (Å²) in [6, 6.07) is 3.49. The van der Waals surface area contributed by atoms with E-state index >= 15 is 0 Å². The zero-order valence-electron chi connectivity index (χ0n) is 14.3. The van der Waals surface area contributed by atoms with Crippen LogP contribution >= 0.6 is 15.9 Å². The van der Waals surface area contributed by atoms with Crippen LogP contribution in [0, 0.1) is 0 Å². The molecule has 1 aliphatic rings. The van der Waals surface area contributed by atoms with Crippen molar-refractivity contribution in [2.75, 3.05) is 0 Å². The lowest BCUT2D eigenvalue weighted by Crippen LogP contribution is -2.41. The topological polar surface area (TPSA) is 49.2 Å². The highest BCUT2D eigenvalue weighted by Gasteiger charge is 2.52. The third kappa shape index (κ3) is 2.65. The number of halogens is 1. The van der Waals surface area contributed by atoms with Crippen LogP contribution in [0.1, 0.15) is 30.4 Å². The Morgan fingerprint density at radius 3 is 2.52 bits per heavy atom. The summed E-state index contributed by atoms with van der Waals surface area (Å²) in [7, 11) is -0.580. The molecule has 1 saturated heterocycles. The van der Waals surface area contributed by atoms with Crippen LogP contribution in [0.4, 0.5) is 0 Å². The maximum atomic E-state index is 8.01. The van der Waals surface area contributed by atoms with Gasteiger partial charge in [0.05, 0.1) is 35.9 Å². The molecule has 5 nitrogen and oxygen atoms in total. The highest BCUT2D eigenvalue weighted by molar-refractivity contribution is 9.10. The van der Waals surface area contributed by atoms with E-state index in [0.29, 0.717) is 15.8 Å².